The quantitative estimate of drug-likeness (QED) is 0.277. The highest BCUT2D eigenvalue weighted by atomic mass is 35.5. The Hall–Kier alpha value is -3.40. The summed E-state index contributed by atoms with van der Waals surface area (Å²) in [5.41, 5.74) is 1.02. The van der Waals surface area contributed by atoms with Gasteiger partial charge in [0.25, 0.3) is 5.91 Å². The molecule has 3 aliphatic rings. The smallest absolute Gasteiger partial charge is 0.251 e. The van der Waals surface area contributed by atoms with Gasteiger partial charge in [0.1, 0.15) is 30.7 Å². The molecule has 2 fully saturated rings. The molecule has 0 bridgehead atoms. The Labute approximate surface area is 245 Å². The third-order valence-electron chi connectivity index (χ3n) is 8.08. The Morgan fingerprint density at radius 1 is 1.07 bits per heavy atom. The molecule has 1 aliphatic carbocycles. The maximum absolute atomic E-state index is 13.5. The standard InChI is InChI=1S/C30H39ClN4O6/c1-17(2)26(35-28(38)21-12-20-13-22(31)7-8-25(20)41-16-21)30(40)34-24(11-18-5-3-4-6-18)29(39)33-23(15-36)14-19-9-10-32-27(19)37/h7-8,12-13,15,17-19,23-24,26H,3-6,9-11,14,16H2,1-2H3,(H,32,37)(H,33,39)(H,34,40)(H,35,38)/t19-,23-,24-,26-/m0/s1. The highest BCUT2D eigenvalue weighted by molar-refractivity contribution is 6.30. The molecule has 41 heavy (non-hydrogen) atoms. The SMILES string of the molecule is CC(C)[C@H](NC(=O)C1=Cc2cc(Cl)ccc2OC1)C(=O)N[C@@H](CC1CCCC1)C(=O)N[C@H](C=O)C[C@@H]1CCNC1=O. The molecule has 1 aromatic carbocycles. The lowest BCUT2D eigenvalue weighted by molar-refractivity contribution is -0.133. The van der Waals surface area contributed by atoms with E-state index in [1.807, 2.05) is 13.8 Å². The number of rotatable bonds is 12. The van der Waals surface area contributed by atoms with Crippen LogP contribution in [-0.4, -0.2) is 61.2 Å². The second-order valence-electron chi connectivity index (χ2n) is 11.5. The molecule has 2 aliphatic heterocycles. The third-order valence-corrected chi connectivity index (χ3v) is 8.32. The minimum absolute atomic E-state index is 0.0473. The molecule has 0 spiro atoms. The molecule has 0 aromatic heterocycles. The van der Waals surface area contributed by atoms with Crippen molar-refractivity contribution in [3.05, 3.63) is 34.4 Å². The van der Waals surface area contributed by atoms with Crippen molar-refractivity contribution in [2.45, 2.75) is 76.9 Å². The zero-order valence-corrected chi connectivity index (χ0v) is 24.3. The van der Waals surface area contributed by atoms with Crippen molar-refractivity contribution < 1.29 is 28.7 Å². The van der Waals surface area contributed by atoms with Gasteiger partial charge in [-0.05, 0) is 55.4 Å². The lowest BCUT2D eigenvalue weighted by atomic mass is 9.95. The van der Waals surface area contributed by atoms with Crippen LogP contribution in [0.15, 0.2) is 23.8 Å². The molecule has 11 heteroatoms. The summed E-state index contributed by atoms with van der Waals surface area (Å²) in [4.78, 5) is 63.8. The Morgan fingerprint density at radius 3 is 2.49 bits per heavy atom. The lowest BCUT2D eigenvalue weighted by Crippen LogP contribution is -2.57. The number of fused-ring (bicyclic) bond motifs is 1. The van der Waals surface area contributed by atoms with Crippen LogP contribution in [0.2, 0.25) is 5.02 Å². The number of carbonyl (C=O) groups is 5. The Bertz CT molecular complexity index is 1200. The van der Waals surface area contributed by atoms with Gasteiger partial charge in [-0.15, -0.1) is 0 Å². The summed E-state index contributed by atoms with van der Waals surface area (Å²) in [5.74, 6) is -1.24. The second-order valence-corrected chi connectivity index (χ2v) is 12.0. The molecule has 4 amide bonds. The van der Waals surface area contributed by atoms with Crippen molar-refractivity contribution in [2.75, 3.05) is 13.2 Å². The maximum Gasteiger partial charge on any atom is 0.251 e. The lowest BCUT2D eigenvalue weighted by Gasteiger charge is -2.28. The average Bonchev–Trinajstić information content (AvgIpc) is 3.61. The minimum Gasteiger partial charge on any atom is -0.488 e. The van der Waals surface area contributed by atoms with Gasteiger partial charge in [0.05, 0.1) is 11.6 Å². The number of carbonyl (C=O) groups excluding carboxylic acids is 5. The van der Waals surface area contributed by atoms with Crippen LogP contribution in [0, 0.1) is 17.8 Å². The van der Waals surface area contributed by atoms with Crippen LogP contribution in [0.3, 0.4) is 0 Å². The predicted molar refractivity (Wildman–Crippen MR) is 154 cm³/mol. The normalized spacial score (nSPS) is 20.6. The Morgan fingerprint density at radius 2 is 1.83 bits per heavy atom. The van der Waals surface area contributed by atoms with Crippen LogP contribution in [-0.2, 0) is 24.0 Å². The summed E-state index contributed by atoms with van der Waals surface area (Å²) in [5, 5.41) is 11.7. The van der Waals surface area contributed by atoms with E-state index in [2.05, 4.69) is 21.3 Å². The van der Waals surface area contributed by atoms with Crippen molar-refractivity contribution in [3.63, 3.8) is 0 Å². The minimum atomic E-state index is -0.910. The van der Waals surface area contributed by atoms with Crippen molar-refractivity contribution in [1.29, 1.82) is 0 Å². The molecule has 0 radical (unpaired) electrons. The summed E-state index contributed by atoms with van der Waals surface area (Å²) in [7, 11) is 0. The van der Waals surface area contributed by atoms with Gasteiger partial charge < -0.3 is 30.8 Å². The molecular weight excluding hydrogens is 548 g/mol. The Kier molecular flexibility index (Phi) is 10.4. The highest BCUT2D eigenvalue weighted by Crippen LogP contribution is 2.30. The molecule has 10 nitrogen and oxygen atoms in total. The number of ether oxygens (including phenoxy) is 1. The Balaban J connectivity index is 1.44. The number of benzene rings is 1. The van der Waals surface area contributed by atoms with E-state index < -0.39 is 35.8 Å². The van der Waals surface area contributed by atoms with Crippen LogP contribution < -0.4 is 26.0 Å². The van der Waals surface area contributed by atoms with Gasteiger partial charge in [0.15, 0.2) is 0 Å². The van der Waals surface area contributed by atoms with Crippen molar-refractivity contribution in [3.8, 4) is 5.75 Å². The monoisotopic (exact) mass is 586 g/mol. The predicted octanol–water partition coefficient (Wildman–Crippen LogP) is 2.53. The summed E-state index contributed by atoms with van der Waals surface area (Å²) < 4.78 is 5.69. The summed E-state index contributed by atoms with van der Waals surface area (Å²) in [6, 6.07) is 2.52. The molecule has 2 heterocycles. The van der Waals surface area contributed by atoms with E-state index in [0.717, 1.165) is 25.7 Å². The summed E-state index contributed by atoms with van der Waals surface area (Å²) in [6.07, 6.45) is 7.64. The van der Waals surface area contributed by atoms with E-state index in [9.17, 15) is 24.0 Å². The number of halogens is 1. The first-order chi connectivity index (χ1) is 19.6. The average molecular weight is 587 g/mol. The fraction of sp³-hybridized carbons (Fsp3) is 0.567. The van der Waals surface area contributed by atoms with Crippen molar-refractivity contribution in [1.82, 2.24) is 21.3 Å². The first-order valence-corrected chi connectivity index (χ1v) is 14.8. The topological polar surface area (TPSA) is 143 Å². The van der Waals surface area contributed by atoms with Crippen LogP contribution in [0.5, 0.6) is 5.75 Å². The summed E-state index contributed by atoms with van der Waals surface area (Å²) >= 11 is 6.09. The van der Waals surface area contributed by atoms with E-state index in [0.29, 0.717) is 47.6 Å². The van der Waals surface area contributed by atoms with Gasteiger partial charge in [-0.25, -0.2) is 0 Å². The number of amides is 4. The van der Waals surface area contributed by atoms with Crippen LogP contribution >= 0.6 is 11.6 Å². The van der Waals surface area contributed by atoms with Gasteiger partial charge in [0.2, 0.25) is 17.7 Å². The van der Waals surface area contributed by atoms with Crippen molar-refractivity contribution in [2.24, 2.45) is 17.8 Å². The van der Waals surface area contributed by atoms with E-state index in [-0.39, 0.29) is 36.7 Å². The number of hydrogen-bond donors (Lipinski definition) is 4. The van der Waals surface area contributed by atoms with Gasteiger partial charge in [0, 0.05) is 23.0 Å². The number of nitrogens with one attached hydrogen (secondary N) is 4. The molecule has 1 saturated carbocycles. The fourth-order valence-corrected chi connectivity index (χ4v) is 5.91. The molecule has 1 saturated heterocycles. The molecule has 4 atom stereocenters. The highest BCUT2D eigenvalue weighted by Gasteiger charge is 2.34. The fourth-order valence-electron chi connectivity index (χ4n) is 5.73. The van der Waals surface area contributed by atoms with E-state index in [1.165, 1.54) is 0 Å². The molecule has 1 aromatic rings. The first-order valence-electron chi connectivity index (χ1n) is 14.4. The van der Waals surface area contributed by atoms with Gasteiger partial charge in [-0.2, -0.15) is 0 Å². The van der Waals surface area contributed by atoms with Crippen molar-refractivity contribution >= 4 is 47.6 Å². The van der Waals surface area contributed by atoms with Crippen LogP contribution in [0.25, 0.3) is 6.08 Å². The number of hydrogen-bond acceptors (Lipinski definition) is 6. The summed E-state index contributed by atoms with van der Waals surface area (Å²) in [6.45, 7) is 4.22. The third kappa shape index (κ3) is 8.09. The van der Waals surface area contributed by atoms with Gasteiger partial charge in [-0.1, -0.05) is 51.1 Å². The molecule has 4 N–H and O–H groups in total. The largest absolute Gasteiger partial charge is 0.488 e. The van der Waals surface area contributed by atoms with Gasteiger partial charge in [-0.3, -0.25) is 19.2 Å². The number of aldehydes is 1. The molecule has 4 rings (SSSR count). The zero-order chi connectivity index (χ0) is 29.5. The van der Waals surface area contributed by atoms with Crippen LogP contribution in [0.4, 0.5) is 0 Å². The first kappa shape index (κ1) is 30.6. The molecular formula is C30H39ClN4O6. The van der Waals surface area contributed by atoms with E-state index in [1.54, 1.807) is 24.3 Å². The second kappa shape index (κ2) is 14.0. The van der Waals surface area contributed by atoms with Gasteiger partial charge >= 0.3 is 0 Å². The van der Waals surface area contributed by atoms with Crippen LogP contribution in [0.1, 0.15) is 64.4 Å². The van der Waals surface area contributed by atoms with E-state index in [4.69, 9.17) is 16.3 Å². The van der Waals surface area contributed by atoms with E-state index >= 15 is 0 Å². The zero-order valence-electron chi connectivity index (χ0n) is 23.5. The maximum atomic E-state index is 13.5. The molecule has 222 valence electrons. The molecule has 0 unspecified atom stereocenters.